The quantitative estimate of drug-likeness (QED) is 0.326. The van der Waals surface area contributed by atoms with E-state index in [0.29, 0.717) is 6.61 Å². The van der Waals surface area contributed by atoms with Crippen LogP contribution in [0.4, 0.5) is 0 Å². The summed E-state index contributed by atoms with van der Waals surface area (Å²) < 4.78 is 12.4. The molecule has 0 bridgehead atoms. The van der Waals surface area contributed by atoms with Crippen molar-refractivity contribution in [1.82, 2.24) is 0 Å². The summed E-state index contributed by atoms with van der Waals surface area (Å²) in [4.78, 5) is 0. The van der Waals surface area contributed by atoms with Gasteiger partial charge in [-0.15, -0.1) is 0 Å². The van der Waals surface area contributed by atoms with E-state index in [4.69, 9.17) is 9.15 Å². The van der Waals surface area contributed by atoms with Crippen molar-refractivity contribution in [2.24, 2.45) is 0 Å². The average Bonchev–Trinajstić information content (AvgIpc) is 3.05. The van der Waals surface area contributed by atoms with Gasteiger partial charge in [0.15, 0.2) is 11.3 Å². The van der Waals surface area contributed by atoms with Gasteiger partial charge in [-0.25, -0.2) is 0 Å². The Morgan fingerprint density at radius 2 is 1.54 bits per heavy atom. The Bertz CT molecular complexity index is 1250. The van der Waals surface area contributed by atoms with Crippen LogP contribution < -0.4 is 4.74 Å². The highest BCUT2D eigenvalue weighted by molar-refractivity contribution is 6.22. The zero-order chi connectivity index (χ0) is 17.5. The van der Waals surface area contributed by atoms with Crippen LogP contribution in [0.1, 0.15) is 19.8 Å². The van der Waals surface area contributed by atoms with E-state index in [9.17, 15) is 0 Å². The van der Waals surface area contributed by atoms with E-state index in [1.54, 1.807) is 0 Å². The Balaban J connectivity index is 1.88. The molecule has 128 valence electrons. The Labute approximate surface area is 152 Å². The van der Waals surface area contributed by atoms with Gasteiger partial charge in [0.2, 0.25) is 0 Å². The summed E-state index contributed by atoms with van der Waals surface area (Å²) in [5, 5.41) is 7.11. The monoisotopic (exact) mass is 340 g/mol. The molecule has 0 atom stereocenters. The van der Waals surface area contributed by atoms with Crippen LogP contribution in [0.3, 0.4) is 0 Å². The minimum atomic E-state index is 0.711. The predicted molar refractivity (Wildman–Crippen MR) is 109 cm³/mol. The zero-order valence-electron chi connectivity index (χ0n) is 14.8. The number of fused-ring (bicyclic) bond motifs is 6. The van der Waals surface area contributed by atoms with Gasteiger partial charge in [0.05, 0.1) is 6.61 Å². The van der Waals surface area contributed by atoms with Crippen LogP contribution in [0.5, 0.6) is 5.75 Å². The zero-order valence-corrected chi connectivity index (χ0v) is 14.8. The summed E-state index contributed by atoms with van der Waals surface area (Å²) in [6, 6.07) is 23.3. The van der Waals surface area contributed by atoms with Crippen molar-refractivity contribution in [2.75, 3.05) is 6.61 Å². The molecule has 0 fully saturated rings. The standard InChI is InChI=1S/C24H20O2/c1-2-3-12-25-22-15-18-10-6-7-11-19(18)23-20-13-16-8-4-5-9-17(16)14-21(20)26-24(22)23/h4-11,13-15H,2-3,12H2,1H3. The highest BCUT2D eigenvalue weighted by Crippen LogP contribution is 2.41. The first-order valence-electron chi connectivity index (χ1n) is 9.24. The fourth-order valence-electron chi connectivity index (χ4n) is 3.71. The van der Waals surface area contributed by atoms with Gasteiger partial charge in [-0.3, -0.25) is 0 Å². The summed E-state index contributed by atoms with van der Waals surface area (Å²) in [5.74, 6) is 0.840. The molecule has 2 nitrogen and oxygen atoms in total. The number of rotatable bonds is 4. The molecule has 0 amide bonds. The van der Waals surface area contributed by atoms with E-state index in [1.807, 2.05) is 0 Å². The van der Waals surface area contributed by atoms with Crippen LogP contribution in [0.2, 0.25) is 0 Å². The second-order valence-electron chi connectivity index (χ2n) is 6.80. The molecule has 0 aliphatic carbocycles. The first kappa shape index (κ1) is 15.3. The first-order chi connectivity index (χ1) is 12.8. The lowest BCUT2D eigenvalue weighted by molar-refractivity contribution is 0.309. The smallest absolute Gasteiger partial charge is 0.177 e. The second kappa shape index (κ2) is 6.06. The molecule has 4 aromatic carbocycles. The number of hydrogen-bond donors (Lipinski definition) is 0. The van der Waals surface area contributed by atoms with Gasteiger partial charge in [0, 0.05) is 10.8 Å². The van der Waals surface area contributed by atoms with Crippen molar-refractivity contribution in [3.05, 3.63) is 66.7 Å². The molecule has 1 heterocycles. The van der Waals surface area contributed by atoms with E-state index in [1.165, 1.54) is 21.5 Å². The Morgan fingerprint density at radius 3 is 2.35 bits per heavy atom. The van der Waals surface area contributed by atoms with Gasteiger partial charge in [-0.05, 0) is 46.2 Å². The molecule has 1 aromatic heterocycles. The number of hydrogen-bond acceptors (Lipinski definition) is 2. The van der Waals surface area contributed by atoms with Gasteiger partial charge in [-0.2, -0.15) is 0 Å². The van der Waals surface area contributed by atoms with Crippen molar-refractivity contribution in [3.8, 4) is 5.75 Å². The Hall–Kier alpha value is -3.00. The summed E-state index contributed by atoms with van der Waals surface area (Å²) >= 11 is 0. The van der Waals surface area contributed by atoms with Crippen molar-refractivity contribution >= 4 is 43.5 Å². The van der Waals surface area contributed by atoms with E-state index in [-0.39, 0.29) is 0 Å². The molecule has 0 spiro atoms. The van der Waals surface area contributed by atoms with Gasteiger partial charge < -0.3 is 9.15 Å². The third kappa shape index (κ3) is 2.33. The number of ether oxygens (including phenoxy) is 1. The Morgan fingerprint density at radius 1 is 0.808 bits per heavy atom. The van der Waals surface area contributed by atoms with E-state index < -0.39 is 0 Å². The molecular formula is C24H20O2. The fourth-order valence-corrected chi connectivity index (χ4v) is 3.71. The minimum Gasteiger partial charge on any atom is -0.490 e. The van der Waals surface area contributed by atoms with Crippen molar-refractivity contribution < 1.29 is 9.15 Å². The molecule has 0 unspecified atom stereocenters. The van der Waals surface area contributed by atoms with Crippen molar-refractivity contribution in [1.29, 1.82) is 0 Å². The molecule has 0 saturated heterocycles. The topological polar surface area (TPSA) is 22.4 Å². The summed E-state index contributed by atoms with van der Waals surface area (Å²) in [5.41, 5.74) is 1.76. The molecular weight excluding hydrogens is 320 g/mol. The lowest BCUT2D eigenvalue weighted by Gasteiger charge is -2.08. The third-order valence-corrected chi connectivity index (χ3v) is 5.05. The lowest BCUT2D eigenvalue weighted by Crippen LogP contribution is -1.96. The first-order valence-corrected chi connectivity index (χ1v) is 9.24. The summed E-state index contributed by atoms with van der Waals surface area (Å²) in [6.07, 6.45) is 2.15. The fraction of sp³-hybridized carbons (Fsp3) is 0.167. The normalized spacial score (nSPS) is 11.7. The molecule has 0 saturated carbocycles. The third-order valence-electron chi connectivity index (χ3n) is 5.05. The van der Waals surface area contributed by atoms with Gasteiger partial charge in [0.25, 0.3) is 0 Å². The molecule has 26 heavy (non-hydrogen) atoms. The molecule has 0 aliphatic heterocycles. The Kier molecular flexibility index (Phi) is 3.56. The SMILES string of the molecule is CCCCOc1cc2ccccc2c2c1oc1cc3ccccc3cc12. The largest absolute Gasteiger partial charge is 0.490 e. The maximum atomic E-state index is 6.31. The lowest BCUT2D eigenvalue weighted by atomic mass is 10.0. The minimum absolute atomic E-state index is 0.711. The highest BCUT2D eigenvalue weighted by atomic mass is 16.5. The van der Waals surface area contributed by atoms with Gasteiger partial charge >= 0.3 is 0 Å². The van der Waals surface area contributed by atoms with Crippen LogP contribution in [0, 0.1) is 0 Å². The number of furan rings is 1. The number of unbranched alkanes of at least 4 members (excludes halogenated alkanes) is 1. The van der Waals surface area contributed by atoms with Crippen molar-refractivity contribution in [2.45, 2.75) is 19.8 Å². The van der Waals surface area contributed by atoms with Crippen LogP contribution in [0.25, 0.3) is 43.5 Å². The van der Waals surface area contributed by atoms with Crippen LogP contribution in [0.15, 0.2) is 71.1 Å². The van der Waals surface area contributed by atoms with Crippen molar-refractivity contribution in [3.63, 3.8) is 0 Å². The van der Waals surface area contributed by atoms with Crippen LogP contribution >= 0.6 is 0 Å². The van der Waals surface area contributed by atoms with E-state index >= 15 is 0 Å². The molecule has 0 N–H and O–H groups in total. The summed E-state index contributed by atoms with van der Waals surface area (Å²) in [7, 11) is 0. The maximum Gasteiger partial charge on any atom is 0.177 e. The highest BCUT2D eigenvalue weighted by Gasteiger charge is 2.16. The molecule has 5 rings (SSSR count). The van der Waals surface area contributed by atoms with Crippen LogP contribution in [-0.4, -0.2) is 6.61 Å². The van der Waals surface area contributed by atoms with Gasteiger partial charge in [-0.1, -0.05) is 61.9 Å². The summed E-state index contributed by atoms with van der Waals surface area (Å²) in [6.45, 7) is 2.88. The molecule has 0 radical (unpaired) electrons. The molecule has 0 aliphatic rings. The second-order valence-corrected chi connectivity index (χ2v) is 6.80. The number of benzene rings is 4. The van der Waals surface area contributed by atoms with Crippen LogP contribution in [-0.2, 0) is 0 Å². The van der Waals surface area contributed by atoms with E-state index in [0.717, 1.165) is 40.5 Å². The van der Waals surface area contributed by atoms with Gasteiger partial charge in [0.1, 0.15) is 5.58 Å². The van der Waals surface area contributed by atoms with E-state index in [2.05, 4.69) is 73.7 Å². The average molecular weight is 340 g/mol. The molecule has 5 aromatic rings. The predicted octanol–water partition coefficient (Wildman–Crippen LogP) is 7.07. The molecule has 2 heteroatoms. The maximum absolute atomic E-state index is 6.31.